The number of hydrogen-bond acceptors (Lipinski definition) is 3. The molecule has 0 fully saturated rings. The number of aryl methyl sites for hydroxylation is 1. The van der Waals surface area contributed by atoms with Gasteiger partial charge in [-0.2, -0.15) is 0 Å². The van der Waals surface area contributed by atoms with Gasteiger partial charge in [-0.15, -0.1) is 22.7 Å². The molecule has 0 saturated heterocycles. The molecule has 0 aromatic carbocycles. The third kappa shape index (κ3) is 3.53. The maximum absolute atomic E-state index is 6.33. The lowest BCUT2D eigenvalue weighted by molar-refractivity contribution is 0.604. The molecule has 19 heavy (non-hydrogen) atoms. The van der Waals surface area contributed by atoms with E-state index in [4.69, 9.17) is 23.2 Å². The van der Waals surface area contributed by atoms with E-state index in [0.29, 0.717) is 0 Å². The van der Waals surface area contributed by atoms with Crippen LogP contribution in [-0.2, 0) is 6.42 Å². The summed E-state index contributed by atoms with van der Waals surface area (Å²) in [7, 11) is 0. The highest BCUT2D eigenvalue weighted by atomic mass is 35.5. The van der Waals surface area contributed by atoms with Crippen molar-refractivity contribution in [1.29, 1.82) is 0 Å². The van der Waals surface area contributed by atoms with Crippen LogP contribution in [0.3, 0.4) is 0 Å². The average Bonchev–Trinajstić information content (AvgIpc) is 2.97. The molecule has 0 aliphatic rings. The standard InChI is InChI=1S/C14H17Cl2NS2/c1-3-6-17-12(10-8-11(15)19-14(10)16)13-9(4-2)5-7-18-13/h5,7-8,12,17H,3-4,6H2,1-2H3. The van der Waals surface area contributed by atoms with Crippen molar-refractivity contribution >= 4 is 45.9 Å². The van der Waals surface area contributed by atoms with Gasteiger partial charge in [0.15, 0.2) is 0 Å². The highest BCUT2D eigenvalue weighted by Crippen LogP contribution is 2.39. The Morgan fingerprint density at radius 1 is 1.32 bits per heavy atom. The van der Waals surface area contributed by atoms with Crippen molar-refractivity contribution in [2.24, 2.45) is 0 Å². The minimum atomic E-state index is 0.158. The Kier molecular flexibility index (Phi) is 5.72. The van der Waals surface area contributed by atoms with Crippen LogP contribution >= 0.6 is 45.9 Å². The fourth-order valence-electron chi connectivity index (χ4n) is 2.08. The lowest BCUT2D eigenvalue weighted by Crippen LogP contribution is -2.23. The largest absolute Gasteiger partial charge is 0.306 e. The van der Waals surface area contributed by atoms with Gasteiger partial charge in [-0.05, 0) is 42.5 Å². The summed E-state index contributed by atoms with van der Waals surface area (Å²) < 4.78 is 1.53. The third-order valence-electron chi connectivity index (χ3n) is 3.02. The zero-order valence-electron chi connectivity index (χ0n) is 11.0. The van der Waals surface area contributed by atoms with Crippen molar-refractivity contribution in [2.45, 2.75) is 32.7 Å². The predicted molar refractivity (Wildman–Crippen MR) is 88.2 cm³/mol. The minimum absolute atomic E-state index is 0.158. The second-order valence-electron chi connectivity index (χ2n) is 4.33. The van der Waals surface area contributed by atoms with Gasteiger partial charge in [-0.3, -0.25) is 0 Å². The van der Waals surface area contributed by atoms with E-state index in [1.54, 1.807) is 11.3 Å². The molecular formula is C14H17Cl2NS2. The quantitative estimate of drug-likeness (QED) is 0.707. The average molecular weight is 334 g/mol. The zero-order chi connectivity index (χ0) is 13.8. The molecule has 104 valence electrons. The highest BCUT2D eigenvalue weighted by molar-refractivity contribution is 7.20. The van der Waals surface area contributed by atoms with Crippen molar-refractivity contribution < 1.29 is 0 Å². The second-order valence-corrected chi connectivity index (χ2v) is 7.56. The third-order valence-corrected chi connectivity index (χ3v) is 5.56. The first-order chi connectivity index (χ1) is 9.17. The Balaban J connectivity index is 2.38. The Bertz CT molecular complexity index is 533. The molecule has 0 aliphatic heterocycles. The fourth-order valence-corrected chi connectivity index (χ4v) is 4.70. The molecule has 0 bridgehead atoms. The molecule has 0 aliphatic carbocycles. The molecule has 2 aromatic rings. The van der Waals surface area contributed by atoms with E-state index < -0.39 is 0 Å². The highest BCUT2D eigenvalue weighted by Gasteiger charge is 2.22. The molecule has 0 radical (unpaired) electrons. The van der Waals surface area contributed by atoms with Crippen LogP contribution in [0, 0.1) is 0 Å². The zero-order valence-corrected chi connectivity index (χ0v) is 14.1. The maximum atomic E-state index is 6.33. The number of rotatable bonds is 6. The Hall–Kier alpha value is -0.0600. The van der Waals surface area contributed by atoms with Gasteiger partial charge in [0.1, 0.15) is 0 Å². The molecule has 5 heteroatoms. The van der Waals surface area contributed by atoms with Gasteiger partial charge >= 0.3 is 0 Å². The topological polar surface area (TPSA) is 12.0 Å². The van der Waals surface area contributed by atoms with Crippen LogP contribution in [0.1, 0.15) is 42.3 Å². The Morgan fingerprint density at radius 3 is 2.68 bits per heavy atom. The molecule has 2 aromatic heterocycles. The van der Waals surface area contributed by atoms with Crippen molar-refractivity contribution in [3.05, 3.63) is 42.2 Å². The normalized spacial score (nSPS) is 12.8. The molecule has 0 spiro atoms. The molecule has 2 rings (SSSR count). The van der Waals surface area contributed by atoms with E-state index >= 15 is 0 Å². The first-order valence-electron chi connectivity index (χ1n) is 6.41. The summed E-state index contributed by atoms with van der Waals surface area (Å²) in [5.74, 6) is 0. The monoisotopic (exact) mass is 333 g/mol. The minimum Gasteiger partial charge on any atom is -0.306 e. The van der Waals surface area contributed by atoms with Crippen LogP contribution in [-0.4, -0.2) is 6.54 Å². The van der Waals surface area contributed by atoms with Gasteiger partial charge in [0.25, 0.3) is 0 Å². The van der Waals surface area contributed by atoms with Gasteiger partial charge in [0.05, 0.1) is 14.7 Å². The SMILES string of the molecule is CCCNC(c1cc(Cl)sc1Cl)c1sccc1CC. The second kappa shape index (κ2) is 7.09. The van der Waals surface area contributed by atoms with Gasteiger partial charge in [-0.25, -0.2) is 0 Å². The lowest BCUT2D eigenvalue weighted by atomic mass is 10.0. The maximum Gasteiger partial charge on any atom is 0.0995 e. The van der Waals surface area contributed by atoms with Gasteiger partial charge in [0.2, 0.25) is 0 Å². The van der Waals surface area contributed by atoms with E-state index in [1.165, 1.54) is 21.8 Å². The van der Waals surface area contributed by atoms with Crippen LogP contribution in [0.5, 0.6) is 0 Å². The van der Waals surface area contributed by atoms with Gasteiger partial charge in [-0.1, -0.05) is 37.0 Å². The first kappa shape index (κ1) is 15.3. The summed E-state index contributed by atoms with van der Waals surface area (Å²) in [6.07, 6.45) is 2.14. The molecule has 1 nitrogen and oxygen atoms in total. The number of halogens is 2. The summed E-state index contributed by atoms with van der Waals surface area (Å²) in [6, 6.07) is 4.34. The number of thiophene rings is 2. The van der Waals surface area contributed by atoms with Crippen molar-refractivity contribution in [1.82, 2.24) is 5.32 Å². The van der Waals surface area contributed by atoms with Crippen molar-refractivity contribution in [2.75, 3.05) is 6.54 Å². The smallest absolute Gasteiger partial charge is 0.0995 e. The summed E-state index contributed by atoms with van der Waals surface area (Å²) in [6.45, 7) is 5.32. The molecule has 1 N–H and O–H groups in total. The predicted octanol–water partition coefficient (Wildman–Crippen LogP) is 5.77. The van der Waals surface area contributed by atoms with Gasteiger partial charge in [0, 0.05) is 10.4 Å². The summed E-state index contributed by atoms with van der Waals surface area (Å²) in [5.41, 5.74) is 2.49. The molecule has 0 saturated carbocycles. The van der Waals surface area contributed by atoms with Crippen LogP contribution in [0.15, 0.2) is 17.5 Å². The van der Waals surface area contributed by atoms with E-state index in [-0.39, 0.29) is 6.04 Å². The van der Waals surface area contributed by atoms with E-state index in [9.17, 15) is 0 Å². The van der Waals surface area contributed by atoms with Gasteiger partial charge < -0.3 is 5.32 Å². The summed E-state index contributed by atoms with van der Waals surface area (Å²) in [5, 5.41) is 5.74. The van der Waals surface area contributed by atoms with Crippen molar-refractivity contribution in [3.8, 4) is 0 Å². The van der Waals surface area contributed by atoms with Crippen molar-refractivity contribution in [3.63, 3.8) is 0 Å². The van der Waals surface area contributed by atoms with Crippen LogP contribution in [0.2, 0.25) is 8.67 Å². The molecule has 1 unspecified atom stereocenters. The van der Waals surface area contributed by atoms with Crippen LogP contribution in [0.25, 0.3) is 0 Å². The molecular weight excluding hydrogens is 317 g/mol. The van der Waals surface area contributed by atoms with E-state index in [0.717, 1.165) is 33.6 Å². The fraction of sp³-hybridized carbons (Fsp3) is 0.429. The van der Waals surface area contributed by atoms with E-state index in [1.807, 2.05) is 6.07 Å². The summed E-state index contributed by atoms with van der Waals surface area (Å²) >= 11 is 15.6. The molecule has 2 heterocycles. The Morgan fingerprint density at radius 2 is 2.11 bits per heavy atom. The van der Waals surface area contributed by atoms with Crippen LogP contribution in [0.4, 0.5) is 0 Å². The molecule has 1 atom stereocenters. The summed E-state index contributed by atoms with van der Waals surface area (Å²) in [4.78, 5) is 1.35. The van der Waals surface area contributed by atoms with Crippen LogP contribution < -0.4 is 5.32 Å². The molecule has 0 amide bonds. The number of hydrogen-bond donors (Lipinski definition) is 1. The number of nitrogens with one attached hydrogen (secondary N) is 1. The lowest BCUT2D eigenvalue weighted by Gasteiger charge is -2.18. The first-order valence-corrected chi connectivity index (χ1v) is 8.86. The van der Waals surface area contributed by atoms with E-state index in [2.05, 4.69) is 30.6 Å². The Labute approximate surface area is 132 Å².